The van der Waals surface area contributed by atoms with Gasteiger partial charge in [0.1, 0.15) is 5.75 Å². The van der Waals surface area contributed by atoms with E-state index in [-0.39, 0.29) is 23.8 Å². The molecule has 1 aromatic carbocycles. The molecule has 1 aliphatic heterocycles. The van der Waals surface area contributed by atoms with E-state index >= 15 is 0 Å². The standard InChI is InChI=1S/C19H26ClN3O3/c1-23(2)17(24)11-26-16-7-6-14(9-15(16)20)22-18(25)19-8-4-3-5-13(19)10-21-12-19/h6-7,9,13,21H,3-5,8,10-12H2,1-2H3,(H,22,25)/t13-,19+/m0/s1. The van der Waals surface area contributed by atoms with Crippen molar-refractivity contribution in [3.8, 4) is 5.75 Å². The maximum Gasteiger partial charge on any atom is 0.259 e. The number of nitrogens with one attached hydrogen (secondary N) is 2. The van der Waals surface area contributed by atoms with E-state index in [0.29, 0.717) is 22.4 Å². The monoisotopic (exact) mass is 379 g/mol. The number of anilines is 1. The number of ether oxygens (including phenoxy) is 1. The van der Waals surface area contributed by atoms with Crippen LogP contribution in [0.15, 0.2) is 18.2 Å². The summed E-state index contributed by atoms with van der Waals surface area (Å²) in [5.41, 5.74) is 0.342. The fraction of sp³-hybridized carbons (Fsp3) is 0.579. The second-order valence-electron chi connectivity index (χ2n) is 7.41. The van der Waals surface area contributed by atoms with Gasteiger partial charge < -0.3 is 20.3 Å². The minimum absolute atomic E-state index is 0.0692. The zero-order valence-electron chi connectivity index (χ0n) is 15.3. The Bertz CT molecular complexity index is 695. The third-order valence-corrected chi connectivity index (χ3v) is 5.83. The van der Waals surface area contributed by atoms with E-state index in [4.69, 9.17) is 16.3 Å². The van der Waals surface area contributed by atoms with E-state index in [1.807, 2.05) is 0 Å². The first-order chi connectivity index (χ1) is 12.4. The van der Waals surface area contributed by atoms with E-state index in [1.165, 1.54) is 11.3 Å². The van der Waals surface area contributed by atoms with Gasteiger partial charge in [-0.25, -0.2) is 0 Å². The van der Waals surface area contributed by atoms with Gasteiger partial charge in [-0.05, 0) is 43.5 Å². The molecule has 7 heteroatoms. The minimum atomic E-state index is -0.308. The van der Waals surface area contributed by atoms with Crippen molar-refractivity contribution in [1.29, 1.82) is 0 Å². The number of halogens is 1. The second-order valence-corrected chi connectivity index (χ2v) is 7.81. The summed E-state index contributed by atoms with van der Waals surface area (Å²) in [6, 6.07) is 5.12. The van der Waals surface area contributed by atoms with Gasteiger partial charge in [-0.3, -0.25) is 9.59 Å². The van der Waals surface area contributed by atoms with Crippen LogP contribution in [0.3, 0.4) is 0 Å². The number of rotatable bonds is 5. The molecular formula is C19H26ClN3O3. The van der Waals surface area contributed by atoms with Crippen LogP contribution >= 0.6 is 11.6 Å². The molecule has 1 heterocycles. The Labute approximate surface area is 159 Å². The van der Waals surface area contributed by atoms with Crippen LogP contribution in [0, 0.1) is 11.3 Å². The number of hydrogen-bond donors (Lipinski definition) is 2. The van der Waals surface area contributed by atoms with Gasteiger partial charge in [-0.1, -0.05) is 24.4 Å². The van der Waals surface area contributed by atoms with Crippen LogP contribution in [0.5, 0.6) is 5.75 Å². The number of likely N-dealkylation sites (N-methyl/N-ethyl adjacent to an activating group) is 1. The molecule has 2 fully saturated rings. The van der Waals surface area contributed by atoms with Crippen molar-refractivity contribution in [3.63, 3.8) is 0 Å². The van der Waals surface area contributed by atoms with Gasteiger partial charge >= 0.3 is 0 Å². The highest BCUT2D eigenvalue weighted by atomic mass is 35.5. The lowest BCUT2D eigenvalue weighted by atomic mass is 9.67. The number of carbonyl (C=O) groups is 2. The molecule has 3 rings (SSSR count). The Morgan fingerprint density at radius 2 is 2.19 bits per heavy atom. The first-order valence-corrected chi connectivity index (χ1v) is 9.45. The summed E-state index contributed by atoms with van der Waals surface area (Å²) >= 11 is 6.26. The smallest absolute Gasteiger partial charge is 0.259 e. The molecule has 2 amide bonds. The maximum atomic E-state index is 13.0. The predicted octanol–water partition coefficient (Wildman–Crippen LogP) is 2.53. The lowest BCUT2D eigenvalue weighted by Crippen LogP contribution is -2.44. The Balaban J connectivity index is 1.66. The van der Waals surface area contributed by atoms with Crippen LogP contribution in [-0.4, -0.2) is 50.5 Å². The Morgan fingerprint density at radius 3 is 2.92 bits per heavy atom. The molecule has 0 bridgehead atoms. The number of carbonyl (C=O) groups excluding carboxylic acids is 2. The number of fused-ring (bicyclic) bond motifs is 1. The molecular weight excluding hydrogens is 354 g/mol. The summed E-state index contributed by atoms with van der Waals surface area (Å²) in [7, 11) is 3.34. The van der Waals surface area contributed by atoms with E-state index in [2.05, 4.69) is 10.6 Å². The fourth-order valence-electron chi connectivity index (χ4n) is 3.91. The third-order valence-electron chi connectivity index (χ3n) is 5.53. The van der Waals surface area contributed by atoms with Crippen molar-refractivity contribution in [2.45, 2.75) is 25.7 Å². The molecule has 0 aromatic heterocycles. The van der Waals surface area contributed by atoms with Crippen LogP contribution in [0.2, 0.25) is 5.02 Å². The van der Waals surface area contributed by atoms with Crippen LogP contribution in [0.1, 0.15) is 25.7 Å². The molecule has 2 atom stereocenters. The van der Waals surface area contributed by atoms with Crippen LogP contribution in [0.4, 0.5) is 5.69 Å². The highest BCUT2D eigenvalue weighted by molar-refractivity contribution is 6.32. The topological polar surface area (TPSA) is 70.7 Å². The summed E-state index contributed by atoms with van der Waals surface area (Å²) < 4.78 is 5.46. The van der Waals surface area contributed by atoms with Crippen molar-refractivity contribution in [3.05, 3.63) is 23.2 Å². The number of amides is 2. The summed E-state index contributed by atoms with van der Waals surface area (Å²) in [5, 5.41) is 6.79. The average molecular weight is 380 g/mol. The van der Waals surface area contributed by atoms with Gasteiger partial charge in [0, 0.05) is 26.3 Å². The van der Waals surface area contributed by atoms with Crippen LogP contribution < -0.4 is 15.4 Å². The zero-order chi connectivity index (χ0) is 18.7. The molecule has 26 heavy (non-hydrogen) atoms. The van der Waals surface area contributed by atoms with Crippen molar-refractivity contribution in [2.24, 2.45) is 11.3 Å². The summed E-state index contributed by atoms with van der Waals surface area (Å²) in [4.78, 5) is 26.1. The lowest BCUT2D eigenvalue weighted by molar-refractivity contribution is -0.130. The maximum absolute atomic E-state index is 13.0. The van der Waals surface area contributed by atoms with E-state index < -0.39 is 0 Å². The molecule has 142 valence electrons. The fourth-order valence-corrected chi connectivity index (χ4v) is 4.15. The number of benzene rings is 1. The Hall–Kier alpha value is -1.79. The normalized spacial score (nSPS) is 24.7. The molecule has 1 saturated carbocycles. The van der Waals surface area contributed by atoms with Crippen molar-refractivity contribution >= 4 is 29.1 Å². The molecule has 2 aliphatic rings. The first kappa shape index (κ1) is 19.0. The average Bonchev–Trinajstić information content (AvgIpc) is 3.06. The minimum Gasteiger partial charge on any atom is -0.482 e. The van der Waals surface area contributed by atoms with Gasteiger partial charge in [0.2, 0.25) is 5.91 Å². The molecule has 6 nitrogen and oxygen atoms in total. The molecule has 2 N–H and O–H groups in total. The predicted molar refractivity (Wildman–Crippen MR) is 102 cm³/mol. The van der Waals surface area contributed by atoms with Gasteiger partial charge in [0.25, 0.3) is 5.91 Å². The van der Waals surface area contributed by atoms with Crippen LogP contribution in [-0.2, 0) is 9.59 Å². The quantitative estimate of drug-likeness (QED) is 0.824. The SMILES string of the molecule is CN(C)C(=O)COc1ccc(NC(=O)[C@@]23CCCC[C@H]2CNC3)cc1Cl. The molecule has 0 spiro atoms. The Morgan fingerprint density at radius 1 is 1.38 bits per heavy atom. The largest absolute Gasteiger partial charge is 0.482 e. The van der Waals surface area contributed by atoms with Gasteiger partial charge in [-0.15, -0.1) is 0 Å². The highest BCUT2D eigenvalue weighted by Crippen LogP contribution is 2.44. The molecule has 1 aliphatic carbocycles. The summed E-state index contributed by atoms with van der Waals surface area (Å²) in [6.45, 7) is 1.58. The van der Waals surface area contributed by atoms with Gasteiger partial charge in [0.15, 0.2) is 6.61 Å². The highest BCUT2D eigenvalue weighted by Gasteiger charge is 2.49. The molecule has 0 unspecified atom stereocenters. The Kier molecular flexibility index (Phi) is 5.73. The van der Waals surface area contributed by atoms with E-state index in [0.717, 1.165) is 32.4 Å². The third kappa shape index (κ3) is 3.81. The van der Waals surface area contributed by atoms with Gasteiger partial charge in [0.05, 0.1) is 10.4 Å². The van der Waals surface area contributed by atoms with E-state index in [1.54, 1.807) is 32.3 Å². The molecule has 0 radical (unpaired) electrons. The first-order valence-electron chi connectivity index (χ1n) is 9.07. The molecule has 1 aromatic rings. The number of nitrogens with zero attached hydrogens (tertiary/aromatic N) is 1. The number of hydrogen-bond acceptors (Lipinski definition) is 4. The second kappa shape index (κ2) is 7.84. The lowest BCUT2D eigenvalue weighted by Gasteiger charge is -2.37. The van der Waals surface area contributed by atoms with E-state index in [9.17, 15) is 9.59 Å². The van der Waals surface area contributed by atoms with Gasteiger partial charge in [-0.2, -0.15) is 0 Å². The van der Waals surface area contributed by atoms with Crippen molar-refractivity contribution in [1.82, 2.24) is 10.2 Å². The van der Waals surface area contributed by atoms with Crippen molar-refractivity contribution < 1.29 is 14.3 Å². The molecule has 1 saturated heterocycles. The zero-order valence-corrected chi connectivity index (χ0v) is 16.1. The summed E-state index contributed by atoms with van der Waals surface area (Å²) in [5.74, 6) is 0.761. The summed E-state index contributed by atoms with van der Waals surface area (Å²) in [6.07, 6.45) is 4.33. The van der Waals surface area contributed by atoms with Crippen LogP contribution in [0.25, 0.3) is 0 Å². The van der Waals surface area contributed by atoms with Crippen molar-refractivity contribution in [2.75, 3.05) is 39.1 Å².